The van der Waals surface area contributed by atoms with Crippen LogP contribution in [0.5, 0.6) is 0 Å². The highest BCUT2D eigenvalue weighted by atomic mass is 16.2. The van der Waals surface area contributed by atoms with Crippen molar-refractivity contribution in [2.75, 3.05) is 13.1 Å². The Kier molecular flexibility index (Phi) is 4.75. The molecule has 1 saturated carbocycles. The van der Waals surface area contributed by atoms with Crippen molar-refractivity contribution in [2.24, 2.45) is 5.41 Å². The van der Waals surface area contributed by atoms with Gasteiger partial charge in [0.1, 0.15) is 17.5 Å². The number of hydrogen-bond donors (Lipinski definition) is 0. The third-order valence-corrected chi connectivity index (χ3v) is 5.78. The van der Waals surface area contributed by atoms with E-state index in [1.165, 1.54) is 0 Å². The van der Waals surface area contributed by atoms with Crippen LogP contribution in [0.25, 0.3) is 0 Å². The number of hydrogen-bond acceptors (Lipinski definition) is 3. The maximum atomic E-state index is 13.0. The zero-order chi connectivity index (χ0) is 19.1. The van der Waals surface area contributed by atoms with Gasteiger partial charge in [-0.25, -0.2) is 0 Å². The number of benzene rings is 1. The molecule has 1 aromatic carbocycles. The highest BCUT2D eigenvalue weighted by molar-refractivity contribution is 6.10. The van der Waals surface area contributed by atoms with E-state index in [1.54, 1.807) is 18.7 Å². The predicted octanol–water partition coefficient (Wildman–Crippen LogP) is 2.93. The summed E-state index contributed by atoms with van der Waals surface area (Å²) in [5.74, 6) is 5.26. The van der Waals surface area contributed by atoms with Crippen LogP contribution in [0, 0.1) is 31.1 Å². The van der Waals surface area contributed by atoms with Gasteiger partial charge in [-0.1, -0.05) is 5.92 Å². The second kappa shape index (κ2) is 6.72. The Morgan fingerprint density at radius 2 is 1.73 bits per heavy atom. The molecule has 26 heavy (non-hydrogen) atoms. The highest BCUT2D eigenvalue weighted by Gasteiger charge is 2.49. The molecule has 1 aromatic rings. The molecule has 4 heteroatoms. The number of carbonyl (C=O) groups excluding carboxylic acids is 3. The predicted molar refractivity (Wildman–Crippen MR) is 99.8 cm³/mol. The Morgan fingerprint density at radius 3 is 2.19 bits per heavy atom. The highest BCUT2D eigenvalue weighted by Crippen LogP contribution is 2.46. The third-order valence-electron chi connectivity index (χ3n) is 5.78. The second-order valence-electron chi connectivity index (χ2n) is 7.81. The molecule has 3 rings (SSSR count). The van der Waals surface area contributed by atoms with Crippen LogP contribution < -0.4 is 0 Å². The average Bonchev–Trinajstić information content (AvgIpc) is 2.93. The van der Waals surface area contributed by atoms with E-state index in [0.717, 1.165) is 28.7 Å². The lowest BCUT2D eigenvalue weighted by atomic mass is 9.66. The van der Waals surface area contributed by atoms with E-state index in [9.17, 15) is 14.4 Å². The molecule has 1 spiro atoms. The SMILES string of the molecule is CC#Cc1cc(C)c(C2C(=O)CC3(CCN(C(C)=O)C3)CC2=O)c(C)c1. The summed E-state index contributed by atoms with van der Waals surface area (Å²) in [7, 11) is 0. The quantitative estimate of drug-likeness (QED) is 0.577. The van der Waals surface area contributed by atoms with Crippen LogP contribution in [-0.2, 0) is 14.4 Å². The summed E-state index contributed by atoms with van der Waals surface area (Å²) in [6.45, 7) is 8.39. The molecular weight excluding hydrogens is 326 g/mol. The molecule has 2 aliphatic rings. The number of rotatable bonds is 1. The molecule has 1 aliphatic carbocycles. The Labute approximate surface area is 155 Å². The molecule has 0 atom stereocenters. The maximum Gasteiger partial charge on any atom is 0.219 e. The Hall–Kier alpha value is -2.41. The lowest BCUT2D eigenvalue weighted by Crippen LogP contribution is -2.42. The van der Waals surface area contributed by atoms with Crippen LogP contribution in [0.1, 0.15) is 61.3 Å². The minimum absolute atomic E-state index is 0.00724. The van der Waals surface area contributed by atoms with Gasteiger partial charge >= 0.3 is 0 Å². The summed E-state index contributed by atoms with van der Waals surface area (Å²) in [4.78, 5) is 39.4. The summed E-state index contributed by atoms with van der Waals surface area (Å²) in [6.07, 6.45) is 1.49. The normalized spacial score (nSPS) is 25.4. The molecule has 1 aliphatic heterocycles. The molecule has 0 aromatic heterocycles. The number of aryl methyl sites for hydroxylation is 2. The summed E-state index contributed by atoms with van der Waals surface area (Å²) in [6, 6.07) is 3.91. The van der Waals surface area contributed by atoms with Crippen molar-refractivity contribution in [1.82, 2.24) is 4.90 Å². The van der Waals surface area contributed by atoms with Crippen molar-refractivity contribution in [2.45, 2.75) is 52.9 Å². The van der Waals surface area contributed by atoms with E-state index in [4.69, 9.17) is 0 Å². The molecule has 136 valence electrons. The fraction of sp³-hybridized carbons (Fsp3) is 0.500. The molecule has 0 unspecified atom stereocenters. The topological polar surface area (TPSA) is 54.5 Å². The number of Topliss-reactive ketones (excluding diaryl/α,β-unsaturated/α-hetero) is 2. The molecule has 0 N–H and O–H groups in total. The smallest absolute Gasteiger partial charge is 0.219 e. The van der Waals surface area contributed by atoms with Gasteiger partial charge in [0.15, 0.2) is 0 Å². The molecule has 0 radical (unpaired) electrons. The second-order valence-corrected chi connectivity index (χ2v) is 7.81. The van der Waals surface area contributed by atoms with Crippen LogP contribution >= 0.6 is 0 Å². The van der Waals surface area contributed by atoms with E-state index in [2.05, 4.69) is 11.8 Å². The molecule has 2 fully saturated rings. The number of nitrogens with zero attached hydrogens (tertiary/aromatic N) is 1. The molecule has 4 nitrogen and oxygen atoms in total. The first-order chi connectivity index (χ1) is 12.3. The minimum Gasteiger partial charge on any atom is -0.342 e. The van der Waals surface area contributed by atoms with Gasteiger partial charge in [0, 0.05) is 43.8 Å². The lowest BCUT2D eigenvalue weighted by Gasteiger charge is -2.36. The third kappa shape index (κ3) is 3.19. The molecule has 1 heterocycles. The van der Waals surface area contributed by atoms with Crippen molar-refractivity contribution in [3.63, 3.8) is 0 Å². The Bertz CT molecular complexity index is 815. The van der Waals surface area contributed by atoms with Crippen molar-refractivity contribution in [3.05, 3.63) is 34.4 Å². The van der Waals surface area contributed by atoms with Gasteiger partial charge in [-0.15, -0.1) is 5.92 Å². The van der Waals surface area contributed by atoms with Gasteiger partial charge in [-0.05, 0) is 56.0 Å². The summed E-state index contributed by atoms with van der Waals surface area (Å²) in [5.41, 5.74) is 3.29. The van der Waals surface area contributed by atoms with Gasteiger partial charge in [0.05, 0.1) is 0 Å². The molecule has 1 amide bonds. The van der Waals surface area contributed by atoms with Gasteiger partial charge in [0.2, 0.25) is 5.91 Å². The van der Waals surface area contributed by atoms with Gasteiger partial charge in [-0.3, -0.25) is 14.4 Å². The Morgan fingerprint density at radius 1 is 1.15 bits per heavy atom. The van der Waals surface area contributed by atoms with Crippen molar-refractivity contribution in [3.8, 4) is 11.8 Å². The first kappa shape index (κ1) is 18.4. The number of carbonyl (C=O) groups is 3. The zero-order valence-corrected chi connectivity index (χ0v) is 15.9. The number of likely N-dealkylation sites (tertiary alicyclic amines) is 1. The van der Waals surface area contributed by atoms with Gasteiger partial charge < -0.3 is 4.90 Å². The maximum absolute atomic E-state index is 13.0. The fourth-order valence-corrected chi connectivity index (χ4v) is 4.65. The van der Waals surface area contributed by atoms with Crippen LogP contribution in [0.4, 0.5) is 0 Å². The first-order valence-electron chi connectivity index (χ1n) is 9.11. The summed E-state index contributed by atoms with van der Waals surface area (Å²) in [5, 5.41) is 0. The number of ketones is 2. The fourth-order valence-electron chi connectivity index (χ4n) is 4.65. The standard InChI is InChI=1S/C22H25NO3/c1-5-6-17-9-14(2)20(15(3)10-17)21-18(25)11-22(12-19(21)26)7-8-23(13-22)16(4)24/h9-10,21H,7-8,11-13H2,1-4H3. The van der Waals surface area contributed by atoms with Crippen LogP contribution in [0.15, 0.2) is 12.1 Å². The van der Waals surface area contributed by atoms with E-state index >= 15 is 0 Å². The van der Waals surface area contributed by atoms with Gasteiger partial charge in [-0.2, -0.15) is 0 Å². The summed E-state index contributed by atoms with van der Waals surface area (Å²) >= 11 is 0. The molecule has 0 bridgehead atoms. The van der Waals surface area contributed by atoms with Crippen molar-refractivity contribution < 1.29 is 14.4 Å². The molecule has 1 saturated heterocycles. The zero-order valence-electron chi connectivity index (χ0n) is 15.9. The Balaban J connectivity index is 1.90. The van der Waals surface area contributed by atoms with E-state index in [1.807, 2.05) is 26.0 Å². The average molecular weight is 351 g/mol. The van der Waals surface area contributed by atoms with Crippen LogP contribution in [0.3, 0.4) is 0 Å². The van der Waals surface area contributed by atoms with Crippen molar-refractivity contribution in [1.29, 1.82) is 0 Å². The molecular formula is C22H25NO3. The first-order valence-corrected chi connectivity index (χ1v) is 9.11. The lowest BCUT2D eigenvalue weighted by molar-refractivity contribution is -0.137. The van der Waals surface area contributed by atoms with E-state index < -0.39 is 5.92 Å². The van der Waals surface area contributed by atoms with Crippen LogP contribution in [-0.4, -0.2) is 35.5 Å². The van der Waals surface area contributed by atoms with E-state index in [0.29, 0.717) is 25.9 Å². The largest absolute Gasteiger partial charge is 0.342 e. The van der Waals surface area contributed by atoms with Crippen LogP contribution in [0.2, 0.25) is 0 Å². The number of amides is 1. The summed E-state index contributed by atoms with van der Waals surface area (Å²) < 4.78 is 0. The minimum atomic E-state index is -0.671. The van der Waals surface area contributed by atoms with Gasteiger partial charge in [0.25, 0.3) is 0 Å². The monoisotopic (exact) mass is 351 g/mol. The van der Waals surface area contributed by atoms with Crippen molar-refractivity contribution >= 4 is 17.5 Å². The van der Waals surface area contributed by atoms with E-state index in [-0.39, 0.29) is 22.9 Å².